The second-order valence-electron chi connectivity index (χ2n) is 4.18. The van der Waals surface area contributed by atoms with E-state index in [1.54, 1.807) is 12.1 Å². The monoisotopic (exact) mass is 245 g/mol. The molecule has 2 heterocycles. The summed E-state index contributed by atoms with van der Waals surface area (Å²) in [6.07, 6.45) is 0.847. The average Bonchev–Trinajstić information content (AvgIpc) is 2.70. The van der Waals surface area contributed by atoms with Crippen LogP contribution >= 0.6 is 0 Å². The van der Waals surface area contributed by atoms with Gasteiger partial charge in [-0.2, -0.15) is 9.97 Å². The van der Waals surface area contributed by atoms with Crippen LogP contribution in [0.5, 0.6) is 0 Å². The smallest absolute Gasteiger partial charge is 0.223 e. The molecule has 0 saturated carbocycles. The lowest BCUT2D eigenvalue weighted by molar-refractivity contribution is 0.628. The van der Waals surface area contributed by atoms with Gasteiger partial charge in [-0.05, 0) is 24.1 Å². The summed E-state index contributed by atoms with van der Waals surface area (Å²) in [4.78, 5) is 9.85. The third kappa shape index (κ3) is 1.71. The number of anilines is 4. The van der Waals surface area contributed by atoms with E-state index in [-0.39, 0.29) is 11.8 Å². The van der Waals surface area contributed by atoms with Gasteiger partial charge in [0.15, 0.2) is 0 Å². The number of hydrogen-bond donors (Lipinski definition) is 2. The van der Waals surface area contributed by atoms with Gasteiger partial charge < -0.3 is 16.4 Å². The summed E-state index contributed by atoms with van der Waals surface area (Å²) in [6, 6.07) is 6.39. The summed E-state index contributed by atoms with van der Waals surface area (Å²) in [5, 5.41) is 0. The minimum Gasteiger partial charge on any atom is -0.383 e. The van der Waals surface area contributed by atoms with Gasteiger partial charge >= 0.3 is 0 Å². The Bertz CT molecular complexity index is 593. The van der Waals surface area contributed by atoms with Crippen molar-refractivity contribution >= 4 is 23.3 Å². The Morgan fingerprint density at radius 2 is 2.00 bits per heavy atom. The highest BCUT2D eigenvalue weighted by atomic mass is 19.1. The third-order valence-corrected chi connectivity index (χ3v) is 2.97. The fourth-order valence-corrected chi connectivity index (χ4v) is 2.20. The van der Waals surface area contributed by atoms with Crippen LogP contribution in [-0.2, 0) is 6.42 Å². The first-order valence-corrected chi connectivity index (χ1v) is 5.59. The summed E-state index contributed by atoms with van der Waals surface area (Å²) in [6.45, 7) is 0.731. The fraction of sp³-hybridized carbons (Fsp3) is 0.167. The molecular weight excluding hydrogens is 233 g/mol. The Labute approximate surface area is 103 Å². The molecule has 0 bridgehead atoms. The molecule has 0 spiro atoms. The molecule has 92 valence electrons. The zero-order chi connectivity index (χ0) is 12.7. The highest BCUT2D eigenvalue weighted by Gasteiger charge is 2.22. The number of halogens is 1. The van der Waals surface area contributed by atoms with Crippen molar-refractivity contribution in [2.75, 3.05) is 22.9 Å². The molecule has 1 aliphatic rings. The second kappa shape index (κ2) is 3.83. The lowest BCUT2D eigenvalue weighted by Gasteiger charge is -2.18. The number of nitrogens with zero attached hydrogens (tertiary/aromatic N) is 3. The minimum absolute atomic E-state index is 0.120. The maximum Gasteiger partial charge on any atom is 0.223 e. The van der Waals surface area contributed by atoms with Crippen molar-refractivity contribution in [1.82, 2.24) is 9.97 Å². The first kappa shape index (κ1) is 10.8. The van der Waals surface area contributed by atoms with Crippen LogP contribution in [0.3, 0.4) is 0 Å². The number of rotatable bonds is 1. The molecule has 3 rings (SSSR count). The van der Waals surface area contributed by atoms with Gasteiger partial charge in [0.2, 0.25) is 5.95 Å². The summed E-state index contributed by atoms with van der Waals surface area (Å²) in [5.74, 6) is 0.761. The first-order valence-electron chi connectivity index (χ1n) is 5.59. The van der Waals surface area contributed by atoms with Crippen LogP contribution in [-0.4, -0.2) is 16.5 Å². The molecule has 0 amide bonds. The van der Waals surface area contributed by atoms with Gasteiger partial charge in [-0.1, -0.05) is 6.07 Å². The normalized spacial score (nSPS) is 13.7. The van der Waals surface area contributed by atoms with E-state index in [1.165, 1.54) is 12.1 Å². The molecule has 18 heavy (non-hydrogen) atoms. The summed E-state index contributed by atoms with van der Waals surface area (Å²) in [5.41, 5.74) is 13.1. The molecule has 0 atom stereocenters. The van der Waals surface area contributed by atoms with Crippen LogP contribution in [0.25, 0.3) is 0 Å². The molecule has 0 unspecified atom stereocenters. The molecular formula is C12H12FN5. The van der Waals surface area contributed by atoms with Crippen molar-refractivity contribution < 1.29 is 4.39 Å². The molecule has 0 aliphatic carbocycles. The molecule has 0 saturated heterocycles. The van der Waals surface area contributed by atoms with Crippen molar-refractivity contribution in [3.05, 3.63) is 35.6 Å². The second-order valence-corrected chi connectivity index (χ2v) is 4.18. The van der Waals surface area contributed by atoms with E-state index >= 15 is 0 Å². The highest BCUT2D eigenvalue weighted by molar-refractivity contribution is 5.69. The Kier molecular flexibility index (Phi) is 2.29. The van der Waals surface area contributed by atoms with E-state index in [9.17, 15) is 4.39 Å². The summed E-state index contributed by atoms with van der Waals surface area (Å²) >= 11 is 0. The zero-order valence-electron chi connectivity index (χ0n) is 9.60. The number of fused-ring (bicyclic) bond motifs is 1. The lowest BCUT2D eigenvalue weighted by atomic mass is 10.2. The van der Waals surface area contributed by atoms with E-state index in [0.717, 1.165) is 24.2 Å². The fourth-order valence-electron chi connectivity index (χ4n) is 2.20. The number of nitrogen functional groups attached to an aromatic ring is 2. The topological polar surface area (TPSA) is 81.1 Å². The molecule has 5 nitrogen and oxygen atoms in total. The van der Waals surface area contributed by atoms with Crippen LogP contribution in [0.2, 0.25) is 0 Å². The largest absolute Gasteiger partial charge is 0.383 e. The van der Waals surface area contributed by atoms with Crippen LogP contribution < -0.4 is 16.4 Å². The van der Waals surface area contributed by atoms with Crippen molar-refractivity contribution in [3.63, 3.8) is 0 Å². The Morgan fingerprint density at radius 1 is 1.17 bits per heavy atom. The van der Waals surface area contributed by atoms with E-state index in [2.05, 4.69) is 9.97 Å². The van der Waals surface area contributed by atoms with Crippen molar-refractivity contribution in [2.45, 2.75) is 6.42 Å². The standard InChI is InChI=1S/C12H12FN5/c13-8-2-1-7-3-4-18(9(7)5-8)11-6-10(14)16-12(15)17-11/h1-2,5-6H,3-4H2,(H4,14,15,16,17). The molecule has 4 N–H and O–H groups in total. The molecule has 1 aliphatic heterocycles. The van der Waals surface area contributed by atoms with Gasteiger partial charge in [-0.15, -0.1) is 0 Å². The molecule has 2 aromatic rings. The van der Waals surface area contributed by atoms with E-state index < -0.39 is 0 Å². The number of aromatic nitrogens is 2. The van der Waals surface area contributed by atoms with E-state index in [4.69, 9.17) is 11.5 Å². The maximum absolute atomic E-state index is 13.3. The van der Waals surface area contributed by atoms with Crippen LogP contribution in [0.4, 0.5) is 27.7 Å². The predicted molar refractivity (Wildman–Crippen MR) is 68.0 cm³/mol. The van der Waals surface area contributed by atoms with Crippen molar-refractivity contribution in [2.24, 2.45) is 0 Å². The van der Waals surface area contributed by atoms with Gasteiger partial charge in [0.25, 0.3) is 0 Å². The third-order valence-electron chi connectivity index (χ3n) is 2.97. The van der Waals surface area contributed by atoms with E-state index in [1.807, 2.05) is 4.90 Å². The van der Waals surface area contributed by atoms with Crippen LogP contribution in [0, 0.1) is 5.82 Å². The SMILES string of the molecule is Nc1cc(N2CCc3ccc(F)cc32)nc(N)n1. The molecule has 6 heteroatoms. The number of benzene rings is 1. The molecule has 0 fully saturated rings. The Balaban J connectivity index is 2.08. The van der Waals surface area contributed by atoms with E-state index in [0.29, 0.717) is 11.6 Å². The van der Waals surface area contributed by atoms with Crippen molar-refractivity contribution in [3.8, 4) is 0 Å². The molecule has 1 aromatic heterocycles. The Hall–Kier alpha value is -2.37. The maximum atomic E-state index is 13.3. The van der Waals surface area contributed by atoms with Gasteiger partial charge in [0, 0.05) is 18.3 Å². The van der Waals surface area contributed by atoms with Gasteiger partial charge in [-0.3, -0.25) is 0 Å². The summed E-state index contributed by atoms with van der Waals surface area (Å²) in [7, 11) is 0. The Morgan fingerprint density at radius 3 is 2.78 bits per heavy atom. The molecule has 1 aromatic carbocycles. The van der Waals surface area contributed by atoms with Crippen LogP contribution in [0.1, 0.15) is 5.56 Å². The van der Waals surface area contributed by atoms with Gasteiger partial charge in [-0.25, -0.2) is 4.39 Å². The highest BCUT2D eigenvalue weighted by Crippen LogP contribution is 2.34. The molecule has 0 radical (unpaired) electrons. The lowest BCUT2D eigenvalue weighted by Crippen LogP contribution is -2.16. The zero-order valence-corrected chi connectivity index (χ0v) is 9.60. The average molecular weight is 245 g/mol. The summed E-state index contributed by atoms with van der Waals surface area (Å²) < 4.78 is 13.3. The van der Waals surface area contributed by atoms with Crippen LogP contribution in [0.15, 0.2) is 24.3 Å². The minimum atomic E-state index is -0.268. The van der Waals surface area contributed by atoms with Gasteiger partial charge in [0.05, 0.1) is 0 Å². The quantitative estimate of drug-likeness (QED) is 0.795. The number of nitrogens with two attached hydrogens (primary N) is 2. The number of hydrogen-bond acceptors (Lipinski definition) is 5. The first-order chi connectivity index (χ1) is 8.63. The predicted octanol–water partition coefficient (Wildman–Crippen LogP) is 1.47. The van der Waals surface area contributed by atoms with Gasteiger partial charge in [0.1, 0.15) is 17.5 Å². The van der Waals surface area contributed by atoms with Crippen molar-refractivity contribution in [1.29, 1.82) is 0 Å².